The molecule has 1 saturated carbocycles. The number of pyridine rings is 1. The van der Waals surface area contributed by atoms with Crippen LogP contribution < -0.4 is 9.30 Å². The fourth-order valence-corrected chi connectivity index (χ4v) is 6.12. The molecule has 0 N–H and O–H groups in total. The summed E-state index contributed by atoms with van der Waals surface area (Å²) in [4.78, 5) is 0. The zero-order valence-electron chi connectivity index (χ0n) is 19.0. The van der Waals surface area contributed by atoms with E-state index in [1.165, 1.54) is 87.2 Å². The summed E-state index contributed by atoms with van der Waals surface area (Å²) in [6.45, 7) is 6.76. The van der Waals surface area contributed by atoms with Gasteiger partial charge < -0.3 is 4.74 Å². The molecule has 6 rings (SSSR count). The summed E-state index contributed by atoms with van der Waals surface area (Å²) < 4.78 is 9.05. The van der Waals surface area contributed by atoms with Crippen LogP contribution >= 0.6 is 0 Å². The van der Waals surface area contributed by atoms with Gasteiger partial charge in [-0.15, -0.1) is 0 Å². The van der Waals surface area contributed by atoms with Gasteiger partial charge in [-0.05, 0) is 66.6 Å². The molecule has 156 valence electrons. The van der Waals surface area contributed by atoms with Crippen LogP contribution in [-0.2, 0) is 13.5 Å². The lowest BCUT2D eigenvalue weighted by molar-refractivity contribution is -0.659. The van der Waals surface area contributed by atoms with Gasteiger partial charge in [-0.1, -0.05) is 49.9 Å². The number of hydrogen-bond donors (Lipinski definition) is 0. The van der Waals surface area contributed by atoms with Gasteiger partial charge in [-0.25, -0.2) is 4.57 Å². The van der Waals surface area contributed by atoms with E-state index < -0.39 is 0 Å². The number of benzene rings is 3. The molecule has 2 heteroatoms. The zero-order valence-corrected chi connectivity index (χ0v) is 19.0. The van der Waals surface area contributed by atoms with E-state index in [0.717, 1.165) is 17.4 Å². The van der Waals surface area contributed by atoms with Gasteiger partial charge in [0.05, 0.1) is 10.9 Å². The van der Waals surface area contributed by atoms with Crippen LogP contribution in [0.25, 0.3) is 32.8 Å². The van der Waals surface area contributed by atoms with Crippen LogP contribution in [0.5, 0.6) is 11.5 Å². The largest absolute Gasteiger partial charge is 0.455 e. The number of rotatable bonds is 2. The van der Waals surface area contributed by atoms with Crippen LogP contribution in [0, 0.1) is 26.7 Å². The highest BCUT2D eigenvalue weighted by Crippen LogP contribution is 2.51. The van der Waals surface area contributed by atoms with Crippen molar-refractivity contribution in [3.05, 3.63) is 64.8 Å². The monoisotopic (exact) mass is 408 g/mol. The first kappa shape index (κ1) is 18.9. The quantitative estimate of drug-likeness (QED) is 0.280. The molecule has 0 unspecified atom stereocenters. The van der Waals surface area contributed by atoms with E-state index in [1.807, 2.05) is 0 Å². The standard InChI is InChI=1S/C29H30NO/c1-17-21(15-20-9-5-6-10-20)16-25-27-24(17)13-14-30(4)28(27)26-18(2)22-11-7-8-12-23(22)19(3)29(26)31-25/h7-8,11-14,16,20H,5-6,9-10,15H2,1-4H3/q+1. The smallest absolute Gasteiger partial charge is 0.228 e. The van der Waals surface area contributed by atoms with Crippen molar-refractivity contribution in [2.24, 2.45) is 13.0 Å². The third-order valence-corrected chi connectivity index (χ3v) is 7.87. The lowest BCUT2D eigenvalue weighted by atomic mass is 9.86. The molecule has 0 saturated heterocycles. The molecule has 4 aromatic rings. The van der Waals surface area contributed by atoms with Crippen molar-refractivity contribution in [3.8, 4) is 22.8 Å². The molecule has 0 spiro atoms. The van der Waals surface area contributed by atoms with Crippen LogP contribution in [-0.4, -0.2) is 0 Å². The summed E-state index contributed by atoms with van der Waals surface area (Å²) in [5.41, 5.74) is 7.97. The molecule has 3 aromatic carbocycles. The second-order valence-corrected chi connectivity index (χ2v) is 9.68. The second kappa shape index (κ2) is 6.82. The van der Waals surface area contributed by atoms with Gasteiger partial charge in [0.2, 0.25) is 5.69 Å². The van der Waals surface area contributed by atoms with Gasteiger partial charge in [-0.3, -0.25) is 0 Å². The Morgan fingerprint density at radius 1 is 0.903 bits per heavy atom. The van der Waals surface area contributed by atoms with E-state index in [1.54, 1.807) is 0 Å². The van der Waals surface area contributed by atoms with Crippen molar-refractivity contribution >= 4 is 21.5 Å². The van der Waals surface area contributed by atoms with Gasteiger partial charge in [0.15, 0.2) is 6.20 Å². The molecular formula is C29H30NO+. The molecule has 0 radical (unpaired) electrons. The maximum Gasteiger partial charge on any atom is 0.228 e. The van der Waals surface area contributed by atoms with Gasteiger partial charge in [0.25, 0.3) is 0 Å². The predicted molar refractivity (Wildman–Crippen MR) is 128 cm³/mol. The fourth-order valence-electron chi connectivity index (χ4n) is 6.12. The number of fused-ring (bicyclic) bond motifs is 3. The summed E-state index contributed by atoms with van der Waals surface area (Å²) in [6, 6.07) is 13.4. The minimum Gasteiger partial charge on any atom is -0.455 e. The summed E-state index contributed by atoms with van der Waals surface area (Å²) in [5, 5.41) is 5.21. The molecule has 1 aliphatic carbocycles. The third-order valence-electron chi connectivity index (χ3n) is 7.87. The normalized spacial score (nSPS) is 15.5. The molecular weight excluding hydrogens is 378 g/mol. The van der Waals surface area contributed by atoms with Crippen molar-refractivity contribution in [2.75, 3.05) is 0 Å². The first-order chi connectivity index (χ1) is 15.0. The highest BCUT2D eigenvalue weighted by Gasteiger charge is 2.33. The molecule has 31 heavy (non-hydrogen) atoms. The van der Waals surface area contributed by atoms with Crippen molar-refractivity contribution < 1.29 is 9.30 Å². The molecule has 2 nitrogen and oxygen atoms in total. The summed E-state index contributed by atoms with van der Waals surface area (Å²) in [7, 11) is 2.17. The molecule has 2 heterocycles. The van der Waals surface area contributed by atoms with Crippen LogP contribution in [0.15, 0.2) is 42.6 Å². The number of aryl methyl sites for hydroxylation is 4. The Kier molecular flexibility index (Phi) is 4.15. The average Bonchev–Trinajstić information content (AvgIpc) is 3.29. The SMILES string of the molecule is Cc1c2c(c(C)c3ccccc13)-c1c3c(cc(CC4CCCC4)c(C)c3cc[n+]1C)O2. The van der Waals surface area contributed by atoms with E-state index in [4.69, 9.17) is 4.74 Å². The lowest BCUT2D eigenvalue weighted by Crippen LogP contribution is -2.32. The van der Waals surface area contributed by atoms with Crippen molar-refractivity contribution in [1.29, 1.82) is 0 Å². The molecule has 0 atom stereocenters. The number of hydrogen-bond acceptors (Lipinski definition) is 1. The van der Waals surface area contributed by atoms with E-state index in [2.05, 4.69) is 75.0 Å². The summed E-state index contributed by atoms with van der Waals surface area (Å²) >= 11 is 0. The minimum atomic E-state index is 0.825. The summed E-state index contributed by atoms with van der Waals surface area (Å²) in [5.74, 6) is 2.89. The molecule has 1 fully saturated rings. The fraction of sp³-hybridized carbons (Fsp3) is 0.345. The van der Waals surface area contributed by atoms with E-state index in [-0.39, 0.29) is 0 Å². The maximum atomic E-state index is 6.77. The van der Waals surface area contributed by atoms with Crippen molar-refractivity contribution in [3.63, 3.8) is 0 Å². The van der Waals surface area contributed by atoms with Gasteiger partial charge in [-0.2, -0.15) is 0 Å². The third kappa shape index (κ3) is 2.67. The Morgan fingerprint density at radius 3 is 2.35 bits per heavy atom. The number of ether oxygens (including phenoxy) is 1. The average molecular weight is 409 g/mol. The van der Waals surface area contributed by atoms with Crippen LogP contribution in [0.1, 0.15) is 47.9 Å². The van der Waals surface area contributed by atoms with Crippen LogP contribution in [0.3, 0.4) is 0 Å². The lowest BCUT2D eigenvalue weighted by Gasteiger charge is -2.25. The van der Waals surface area contributed by atoms with Crippen molar-refractivity contribution in [1.82, 2.24) is 0 Å². The van der Waals surface area contributed by atoms with Gasteiger partial charge in [0, 0.05) is 17.0 Å². The topological polar surface area (TPSA) is 13.1 Å². The number of nitrogens with zero attached hydrogens (tertiary/aromatic N) is 1. The first-order valence-corrected chi connectivity index (χ1v) is 11.7. The van der Waals surface area contributed by atoms with Crippen LogP contribution in [0.4, 0.5) is 0 Å². The summed E-state index contributed by atoms with van der Waals surface area (Å²) in [6.07, 6.45) is 8.93. The molecule has 1 aromatic heterocycles. The Bertz CT molecular complexity index is 1380. The van der Waals surface area contributed by atoms with E-state index >= 15 is 0 Å². The maximum absolute atomic E-state index is 6.77. The Morgan fingerprint density at radius 2 is 1.61 bits per heavy atom. The van der Waals surface area contributed by atoms with Crippen LogP contribution in [0.2, 0.25) is 0 Å². The molecule has 2 aliphatic rings. The van der Waals surface area contributed by atoms with Crippen molar-refractivity contribution in [2.45, 2.75) is 52.9 Å². The predicted octanol–water partition coefficient (Wildman–Crippen LogP) is 7.25. The Labute approximate surface area is 184 Å². The number of aromatic nitrogens is 1. The minimum absolute atomic E-state index is 0.825. The van der Waals surface area contributed by atoms with Gasteiger partial charge in [0.1, 0.15) is 18.5 Å². The van der Waals surface area contributed by atoms with E-state index in [0.29, 0.717) is 0 Å². The highest BCUT2D eigenvalue weighted by molar-refractivity contribution is 6.07. The Balaban J connectivity index is 1.67. The molecule has 1 aliphatic heterocycles. The van der Waals surface area contributed by atoms with E-state index in [9.17, 15) is 0 Å². The highest BCUT2D eigenvalue weighted by atomic mass is 16.5. The molecule has 0 amide bonds. The first-order valence-electron chi connectivity index (χ1n) is 11.7. The van der Waals surface area contributed by atoms with Gasteiger partial charge >= 0.3 is 0 Å². The Hall–Kier alpha value is -2.87. The molecule has 0 bridgehead atoms. The second-order valence-electron chi connectivity index (χ2n) is 9.68. The zero-order chi connectivity index (χ0) is 21.3.